The molecule has 0 unspecified atom stereocenters. The summed E-state index contributed by atoms with van der Waals surface area (Å²) in [6.45, 7) is 1.70. The molecule has 2 heterocycles. The number of aliphatic hydroxyl groups excluding tert-OH is 1. The van der Waals surface area contributed by atoms with E-state index in [4.69, 9.17) is 9.84 Å². The van der Waals surface area contributed by atoms with Gasteiger partial charge in [0.2, 0.25) is 0 Å². The summed E-state index contributed by atoms with van der Waals surface area (Å²) in [5, 5.41) is 9.06. The summed E-state index contributed by atoms with van der Waals surface area (Å²) in [6, 6.07) is 4.83. The van der Waals surface area contributed by atoms with Crippen LogP contribution in [0, 0.1) is 5.82 Å². The summed E-state index contributed by atoms with van der Waals surface area (Å²) in [6.07, 6.45) is -0.0436. The second-order valence-electron chi connectivity index (χ2n) is 5.39. The van der Waals surface area contributed by atoms with E-state index in [0.717, 1.165) is 31.0 Å². The predicted octanol–water partition coefficient (Wildman–Crippen LogP) is 2.09. The molecule has 0 spiro atoms. The Bertz CT molecular complexity index is 550. The molecule has 120 valence electrons. The number of thioether (sulfide) groups is 1. The highest BCUT2D eigenvalue weighted by molar-refractivity contribution is 7.99. The van der Waals surface area contributed by atoms with E-state index in [0.29, 0.717) is 11.4 Å². The summed E-state index contributed by atoms with van der Waals surface area (Å²) >= 11 is 1.89. The van der Waals surface area contributed by atoms with E-state index < -0.39 is 12.2 Å². The number of amides is 1. The minimum absolute atomic E-state index is 0.228. The molecule has 2 saturated heterocycles. The van der Waals surface area contributed by atoms with Crippen LogP contribution >= 0.6 is 11.8 Å². The molecule has 3 rings (SSSR count). The second kappa shape index (κ2) is 6.75. The van der Waals surface area contributed by atoms with Crippen LogP contribution < -0.4 is 9.80 Å². The number of carbonyl (C=O) groups excluding carboxylic acids is 1. The molecule has 1 aromatic rings. The zero-order valence-electron chi connectivity index (χ0n) is 12.2. The Kier molecular flexibility index (Phi) is 4.73. The van der Waals surface area contributed by atoms with Gasteiger partial charge in [-0.05, 0) is 30.4 Å². The molecule has 0 aromatic heterocycles. The lowest BCUT2D eigenvalue weighted by molar-refractivity contribution is 0.0963. The molecule has 0 saturated carbocycles. The van der Waals surface area contributed by atoms with Gasteiger partial charge in [-0.15, -0.1) is 0 Å². The Balaban J connectivity index is 1.78. The van der Waals surface area contributed by atoms with E-state index in [2.05, 4.69) is 4.90 Å². The largest absolute Gasteiger partial charge is 0.441 e. The highest BCUT2D eigenvalue weighted by Crippen LogP contribution is 2.29. The lowest BCUT2D eigenvalue weighted by Crippen LogP contribution is -2.28. The van der Waals surface area contributed by atoms with Gasteiger partial charge in [-0.1, -0.05) is 0 Å². The number of aliphatic hydroxyl groups is 1. The third-order valence-electron chi connectivity index (χ3n) is 3.88. The quantitative estimate of drug-likeness (QED) is 0.922. The fourth-order valence-electron chi connectivity index (χ4n) is 2.73. The summed E-state index contributed by atoms with van der Waals surface area (Å²) in [5.74, 6) is 1.78. The number of halogens is 1. The molecule has 0 aliphatic carbocycles. The average molecular weight is 326 g/mol. The molecule has 22 heavy (non-hydrogen) atoms. The number of rotatable bonds is 3. The number of hydrogen-bond donors (Lipinski definition) is 1. The molecule has 2 aliphatic rings. The maximum atomic E-state index is 14.5. The van der Waals surface area contributed by atoms with Crippen molar-refractivity contribution in [2.75, 3.05) is 47.5 Å². The van der Waals surface area contributed by atoms with E-state index in [1.165, 1.54) is 11.0 Å². The SMILES string of the molecule is O=C1O[C@@H](CO)CN1c1ccc(N2CCCSCC2)c(F)c1. The summed E-state index contributed by atoms with van der Waals surface area (Å²) in [5.41, 5.74) is 1.05. The Morgan fingerprint density at radius 2 is 2.23 bits per heavy atom. The van der Waals surface area contributed by atoms with Gasteiger partial charge in [0, 0.05) is 18.8 Å². The molecule has 5 nitrogen and oxygen atoms in total. The van der Waals surface area contributed by atoms with Gasteiger partial charge in [-0.2, -0.15) is 11.8 Å². The minimum atomic E-state index is -0.544. The van der Waals surface area contributed by atoms with Crippen LogP contribution in [0.15, 0.2) is 18.2 Å². The summed E-state index contributed by atoms with van der Waals surface area (Å²) < 4.78 is 19.4. The molecule has 1 atom stereocenters. The van der Waals surface area contributed by atoms with Gasteiger partial charge in [-0.3, -0.25) is 4.90 Å². The zero-order chi connectivity index (χ0) is 15.5. The van der Waals surface area contributed by atoms with Crippen molar-refractivity contribution in [2.45, 2.75) is 12.5 Å². The lowest BCUT2D eigenvalue weighted by Gasteiger charge is -2.24. The van der Waals surface area contributed by atoms with Crippen LogP contribution in [0.1, 0.15) is 6.42 Å². The Hall–Kier alpha value is -1.47. The first-order chi connectivity index (χ1) is 10.7. The summed E-state index contributed by atoms with van der Waals surface area (Å²) in [4.78, 5) is 15.2. The molecule has 1 N–H and O–H groups in total. The van der Waals surface area contributed by atoms with Crippen LogP contribution in [0.3, 0.4) is 0 Å². The first-order valence-corrected chi connectivity index (χ1v) is 8.56. The van der Waals surface area contributed by atoms with Crippen molar-refractivity contribution in [1.82, 2.24) is 0 Å². The molecule has 7 heteroatoms. The standard InChI is InChI=1S/C15H19FN2O3S/c16-13-8-11(18-9-12(10-19)21-15(18)20)2-3-14(13)17-4-1-6-22-7-5-17/h2-3,8,12,19H,1,4-7,9-10H2/t12-/m1/s1. The van der Waals surface area contributed by atoms with Crippen molar-refractivity contribution in [2.24, 2.45) is 0 Å². The van der Waals surface area contributed by atoms with Crippen molar-refractivity contribution in [3.8, 4) is 0 Å². The number of benzene rings is 1. The smallest absolute Gasteiger partial charge is 0.414 e. The van der Waals surface area contributed by atoms with Crippen molar-refractivity contribution in [1.29, 1.82) is 0 Å². The van der Waals surface area contributed by atoms with Crippen molar-refractivity contribution < 1.29 is 19.0 Å². The van der Waals surface area contributed by atoms with E-state index in [-0.39, 0.29) is 19.0 Å². The highest BCUT2D eigenvalue weighted by Gasteiger charge is 2.32. The highest BCUT2D eigenvalue weighted by atomic mass is 32.2. The van der Waals surface area contributed by atoms with Crippen LogP contribution in [0.2, 0.25) is 0 Å². The van der Waals surface area contributed by atoms with Crippen LogP contribution in [0.4, 0.5) is 20.6 Å². The number of carbonyl (C=O) groups is 1. The summed E-state index contributed by atoms with van der Waals surface area (Å²) in [7, 11) is 0. The Morgan fingerprint density at radius 1 is 1.36 bits per heavy atom. The first-order valence-electron chi connectivity index (χ1n) is 7.40. The first kappa shape index (κ1) is 15.4. The molecule has 1 aromatic carbocycles. The van der Waals surface area contributed by atoms with E-state index in [1.54, 1.807) is 12.1 Å². The molecule has 1 amide bonds. The van der Waals surface area contributed by atoms with Crippen molar-refractivity contribution in [3.05, 3.63) is 24.0 Å². The molecule has 2 fully saturated rings. The van der Waals surface area contributed by atoms with Crippen LogP contribution in [-0.4, -0.2) is 55.1 Å². The topological polar surface area (TPSA) is 53.0 Å². The number of hydrogen-bond acceptors (Lipinski definition) is 5. The number of anilines is 2. The van der Waals surface area contributed by atoms with Gasteiger partial charge >= 0.3 is 6.09 Å². The van der Waals surface area contributed by atoms with Gasteiger partial charge in [0.15, 0.2) is 0 Å². The number of cyclic esters (lactones) is 1. The van der Waals surface area contributed by atoms with Crippen molar-refractivity contribution in [3.63, 3.8) is 0 Å². The van der Waals surface area contributed by atoms with Crippen molar-refractivity contribution >= 4 is 29.2 Å². The maximum absolute atomic E-state index is 14.5. The number of nitrogens with zero attached hydrogens (tertiary/aromatic N) is 2. The van der Waals surface area contributed by atoms with Gasteiger partial charge in [0.25, 0.3) is 0 Å². The molecular weight excluding hydrogens is 307 g/mol. The third kappa shape index (κ3) is 3.15. The molecular formula is C15H19FN2O3S. The fraction of sp³-hybridized carbons (Fsp3) is 0.533. The van der Waals surface area contributed by atoms with E-state index >= 15 is 0 Å². The Labute approximate surface area is 133 Å². The zero-order valence-corrected chi connectivity index (χ0v) is 13.0. The predicted molar refractivity (Wildman–Crippen MR) is 85.3 cm³/mol. The molecule has 0 radical (unpaired) electrons. The lowest BCUT2D eigenvalue weighted by atomic mass is 10.2. The van der Waals surface area contributed by atoms with Crippen LogP contribution in [-0.2, 0) is 4.74 Å². The van der Waals surface area contributed by atoms with Gasteiger partial charge in [-0.25, -0.2) is 9.18 Å². The number of ether oxygens (including phenoxy) is 1. The Morgan fingerprint density at radius 3 is 2.95 bits per heavy atom. The van der Waals surface area contributed by atoms with Gasteiger partial charge < -0.3 is 14.7 Å². The van der Waals surface area contributed by atoms with E-state index in [9.17, 15) is 9.18 Å². The third-order valence-corrected chi connectivity index (χ3v) is 4.93. The van der Waals surface area contributed by atoms with Gasteiger partial charge in [0.05, 0.1) is 24.5 Å². The van der Waals surface area contributed by atoms with E-state index in [1.807, 2.05) is 11.8 Å². The van der Waals surface area contributed by atoms with Crippen LogP contribution in [0.5, 0.6) is 0 Å². The molecule has 2 aliphatic heterocycles. The fourth-order valence-corrected chi connectivity index (χ4v) is 3.62. The normalized spacial score (nSPS) is 22.6. The minimum Gasteiger partial charge on any atom is -0.441 e. The average Bonchev–Trinajstić information content (AvgIpc) is 2.73. The van der Waals surface area contributed by atoms with Gasteiger partial charge in [0.1, 0.15) is 11.9 Å². The second-order valence-corrected chi connectivity index (χ2v) is 6.61. The molecule has 0 bridgehead atoms. The monoisotopic (exact) mass is 326 g/mol. The maximum Gasteiger partial charge on any atom is 0.414 e. The van der Waals surface area contributed by atoms with Crippen LogP contribution in [0.25, 0.3) is 0 Å².